The minimum absolute atomic E-state index is 0.439. The second-order valence-electron chi connectivity index (χ2n) is 4.74. The highest BCUT2D eigenvalue weighted by Gasteiger charge is 2.26. The normalized spacial score (nSPS) is 15.5. The van der Waals surface area contributed by atoms with E-state index in [4.69, 9.17) is 5.73 Å². The van der Waals surface area contributed by atoms with Gasteiger partial charge in [-0.3, -0.25) is 0 Å². The Morgan fingerprint density at radius 1 is 1.50 bits per heavy atom. The summed E-state index contributed by atoms with van der Waals surface area (Å²) in [5.41, 5.74) is 6.51. The van der Waals surface area contributed by atoms with Crippen molar-refractivity contribution in [2.24, 2.45) is 11.7 Å². The Kier molecular flexibility index (Phi) is 3.39. The summed E-state index contributed by atoms with van der Waals surface area (Å²) in [6.07, 6.45) is 4.49. The fourth-order valence-electron chi connectivity index (χ4n) is 1.74. The lowest BCUT2D eigenvalue weighted by Crippen LogP contribution is -2.34. The van der Waals surface area contributed by atoms with Crippen LogP contribution in [0.15, 0.2) is 12.3 Å². The molecule has 16 heavy (non-hydrogen) atoms. The zero-order chi connectivity index (χ0) is 11.5. The zero-order valence-electron chi connectivity index (χ0n) is 10.1. The van der Waals surface area contributed by atoms with Crippen LogP contribution in [-0.4, -0.2) is 22.6 Å². The molecule has 0 bridgehead atoms. The van der Waals surface area contributed by atoms with Crippen molar-refractivity contribution < 1.29 is 0 Å². The number of rotatable bonds is 5. The molecule has 0 radical (unpaired) electrons. The first kappa shape index (κ1) is 11.3. The summed E-state index contributed by atoms with van der Waals surface area (Å²) < 4.78 is 0. The molecule has 2 rings (SSSR count). The summed E-state index contributed by atoms with van der Waals surface area (Å²) in [7, 11) is 0. The number of hydrogen-bond acceptors (Lipinski definition) is 4. The molecule has 0 unspecified atom stereocenters. The molecule has 1 aliphatic rings. The average Bonchev–Trinajstić information content (AvgIpc) is 3.09. The lowest BCUT2D eigenvalue weighted by Gasteiger charge is -2.26. The van der Waals surface area contributed by atoms with Gasteiger partial charge in [0.15, 0.2) is 0 Å². The minimum atomic E-state index is 0.439. The highest BCUT2D eigenvalue weighted by Crippen LogP contribution is 2.31. The van der Waals surface area contributed by atoms with E-state index in [-0.39, 0.29) is 0 Å². The van der Waals surface area contributed by atoms with Crippen LogP contribution in [0.2, 0.25) is 0 Å². The number of aromatic nitrogens is 2. The highest BCUT2D eigenvalue weighted by molar-refractivity contribution is 5.32. The molecule has 1 aromatic heterocycles. The van der Waals surface area contributed by atoms with Crippen LogP contribution < -0.4 is 10.6 Å². The molecule has 2 N–H and O–H groups in total. The second-order valence-corrected chi connectivity index (χ2v) is 4.74. The van der Waals surface area contributed by atoms with E-state index in [1.54, 1.807) is 6.20 Å². The van der Waals surface area contributed by atoms with Crippen molar-refractivity contribution in [2.75, 3.05) is 11.4 Å². The summed E-state index contributed by atoms with van der Waals surface area (Å²) in [6, 6.07) is 2.31. The van der Waals surface area contributed by atoms with Crippen LogP contribution in [0.1, 0.15) is 32.4 Å². The third-order valence-corrected chi connectivity index (χ3v) is 2.94. The van der Waals surface area contributed by atoms with Crippen molar-refractivity contribution in [3.05, 3.63) is 18.0 Å². The van der Waals surface area contributed by atoms with Gasteiger partial charge in [0.05, 0.1) is 5.69 Å². The van der Waals surface area contributed by atoms with Gasteiger partial charge in [-0.15, -0.1) is 0 Å². The van der Waals surface area contributed by atoms with Gasteiger partial charge in [0.25, 0.3) is 0 Å². The molecule has 1 aromatic rings. The van der Waals surface area contributed by atoms with Crippen LogP contribution in [0.5, 0.6) is 0 Å². The van der Waals surface area contributed by atoms with Gasteiger partial charge >= 0.3 is 0 Å². The van der Waals surface area contributed by atoms with Crippen molar-refractivity contribution in [2.45, 2.75) is 39.3 Å². The van der Waals surface area contributed by atoms with Crippen LogP contribution >= 0.6 is 0 Å². The molecule has 0 amide bonds. The smallest absolute Gasteiger partial charge is 0.225 e. The summed E-state index contributed by atoms with van der Waals surface area (Å²) in [6.45, 7) is 5.91. The van der Waals surface area contributed by atoms with Crippen LogP contribution in [-0.2, 0) is 6.54 Å². The molecule has 1 heterocycles. The largest absolute Gasteiger partial charge is 0.338 e. The number of hydrogen-bond donors (Lipinski definition) is 1. The van der Waals surface area contributed by atoms with Crippen molar-refractivity contribution in [3.63, 3.8) is 0 Å². The fraction of sp³-hybridized carbons (Fsp3) is 0.667. The van der Waals surface area contributed by atoms with E-state index in [0.717, 1.165) is 24.1 Å². The van der Waals surface area contributed by atoms with Gasteiger partial charge in [0, 0.05) is 25.3 Å². The number of anilines is 1. The lowest BCUT2D eigenvalue weighted by molar-refractivity contribution is 0.625. The van der Waals surface area contributed by atoms with Gasteiger partial charge in [0.1, 0.15) is 0 Å². The predicted molar refractivity (Wildman–Crippen MR) is 65.1 cm³/mol. The molecule has 1 aliphatic carbocycles. The quantitative estimate of drug-likeness (QED) is 0.818. The Labute approximate surface area is 96.9 Å². The molecule has 0 saturated heterocycles. The number of nitrogens with two attached hydrogens (primary N) is 1. The molecule has 0 aromatic carbocycles. The van der Waals surface area contributed by atoms with Gasteiger partial charge in [0.2, 0.25) is 5.95 Å². The van der Waals surface area contributed by atoms with Crippen LogP contribution in [0.3, 0.4) is 0 Å². The first-order valence-electron chi connectivity index (χ1n) is 5.99. The first-order chi connectivity index (χ1) is 7.70. The summed E-state index contributed by atoms with van der Waals surface area (Å²) in [5, 5.41) is 0. The standard InChI is InChI=1S/C12H20N4/c1-9(2)16(8-10-3-4-10)12-14-6-5-11(7-13)15-12/h5-6,9-10H,3-4,7-8,13H2,1-2H3. The Balaban J connectivity index is 2.15. The minimum Gasteiger partial charge on any atom is -0.338 e. The highest BCUT2D eigenvalue weighted by atomic mass is 15.3. The van der Waals surface area contributed by atoms with E-state index in [1.165, 1.54) is 12.8 Å². The van der Waals surface area contributed by atoms with Crippen LogP contribution in [0, 0.1) is 5.92 Å². The molecule has 1 fully saturated rings. The van der Waals surface area contributed by atoms with E-state index in [2.05, 4.69) is 28.7 Å². The van der Waals surface area contributed by atoms with Gasteiger partial charge in [-0.2, -0.15) is 0 Å². The second kappa shape index (κ2) is 4.78. The maximum atomic E-state index is 5.60. The van der Waals surface area contributed by atoms with Gasteiger partial charge in [-0.05, 0) is 38.7 Å². The molecule has 1 saturated carbocycles. The summed E-state index contributed by atoms with van der Waals surface area (Å²) >= 11 is 0. The molecule has 0 spiro atoms. The molecular formula is C12H20N4. The topological polar surface area (TPSA) is 55.0 Å². The Morgan fingerprint density at radius 3 is 2.81 bits per heavy atom. The molecular weight excluding hydrogens is 200 g/mol. The van der Waals surface area contributed by atoms with Crippen molar-refractivity contribution in [1.29, 1.82) is 0 Å². The monoisotopic (exact) mass is 220 g/mol. The van der Waals surface area contributed by atoms with E-state index in [1.807, 2.05) is 6.07 Å². The van der Waals surface area contributed by atoms with E-state index in [0.29, 0.717) is 12.6 Å². The molecule has 0 aliphatic heterocycles. The lowest BCUT2D eigenvalue weighted by atomic mass is 10.3. The van der Waals surface area contributed by atoms with Crippen molar-refractivity contribution in [1.82, 2.24) is 9.97 Å². The molecule has 4 nitrogen and oxygen atoms in total. The van der Waals surface area contributed by atoms with Crippen molar-refractivity contribution in [3.8, 4) is 0 Å². The predicted octanol–water partition coefficient (Wildman–Crippen LogP) is 1.56. The van der Waals surface area contributed by atoms with Crippen LogP contribution in [0.4, 0.5) is 5.95 Å². The third kappa shape index (κ3) is 2.70. The van der Waals surface area contributed by atoms with E-state index in [9.17, 15) is 0 Å². The SMILES string of the molecule is CC(C)N(CC1CC1)c1nccc(CN)n1. The van der Waals surface area contributed by atoms with Crippen molar-refractivity contribution >= 4 is 5.95 Å². The number of nitrogens with zero attached hydrogens (tertiary/aromatic N) is 3. The maximum Gasteiger partial charge on any atom is 0.225 e. The van der Waals surface area contributed by atoms with E-state index < -0.39 is 0 Å². The summed E-state index contributed by atoms with van der Waals surface area (Å²) in [5.74, 6) is 1.66. The Morgan fingerprint density at radius 2 is 2.25 bits per heavy atom. The van der Waals surface area contributed by atoms with E-state index >= 15 is 0 Å². The van der Waals surface area contributed by atoms with Crippen LogP contribution in [0.25, 0.3) is 0 Å². The average molecular weight is 220 g/mol. The van der Waals surface area contributed by atoms with Gasteiger partial charge < -0.3 is 10.6 Å². The molecule has 0 atom stereocenters. The summed E-state index contributed by atoms with van der Waals surface area (Å²) in [4.78, 5) is 11.1. The van der Waals surface area contributed by atoms with Gasteiger partial charge in [-0.1, -0.05) is 0 Å². The maximum absolute atomic E-state index is 5.60. The Hall–Kier alpha value is -1.16. The first-order valence-corrected chi connectivity index (χ1v) is 5.99. The van der Waals surface area contributed by atoms with Gasteiger partial charge in [-0.25, -0.2) is 9.97 Å². The Bertz CT molecular complexity index is 347. The fourth-order valence-corrected chi connectivity index (χ4v) is 1.74. The molecule has 88 valence electrons. The zero-order valence-corrected chi connectivity index (χ0v) is 10.1. The third-order valence-electron chi connectivity index (χ3n) is 2.94. The molecule has 4 heteroatoms.